The zero-order valence-electron chi connectivity index (χ0n) is 21.0. The number of ether oxygens (including phenoxy) is 2. The Labute approximate surface area is 209 Å². The second-order valence-electron chi connectivity index (χ2n) is 10.1. The van der Waals surface area contributed by atoms with Crippen molar-refractivity contribution in [3.05, 3.63) is 46.8 Å². The molecule has 0 spiro atoms. The van der Waals surface area contributed by atoms with Crippen molar-refractivity contribution in [2.45, 2.75) is 70.0 Å². The number of benzene rings is 1. The van der Waals surface area contributed by atoms with Crippen molar-refractivity contribution in [2.24, 2.45) is 0 Å². The van der Waals surface area contributed by atoms with E-state index < -0.39 is 0 Å². The Balaban J connectivity index is 1.29. The molecule has 9 heteroatoms. The lowest BCUT2D eigenvalue weighted by molar-refractivity contribution is 0.0724. The van der Waals surface area contributed by atoms with E-state index in [0.29, 0.717) is 23.5 Å². The molecule has 1 aliphatic carbocycles. The Morgan fingerprint density at radius 2 is 1.89 bits per heavy atom. The van der Waals surface area contributed by atoms with Crippen molar-refractivity contribution in [1.82, 2.24) is 29.5 Å². The first-order valence-corrected chi connectivity index (χ1v) is 13.1. The smallest absolute Gasteiger partial charge is 0.326 e. The minimum atomic E-state index is -0.0191. The molecule has 2 fully saturated rings. The van der Waals surface area contributed by atoms with Gasteiger partial charge in [-0.2, -0.15) is 5.10 Å². The molecule has 1 aliphatic heterocycles. The number of nitrogens with one attached hydrogen (secondary N) is 2. The van der Waals surface area contributed by atoms with Gasteiger partial charge >= 0.3 is 5.69 Å². The molecule has 0 radical (unpaired) electrons. The molecule has 0 unspecified atom stereocenters. The van der Waals surface area contributed by atoms with E-state index in [9.17, 15) is 4.79 Å². The van der Waals surface area contributed by atoms with E-state index in [0.717, 1.165) is 80.3 Å². The normalized spacial score (nSPS) is 21.4. The molecule has 4 heterocycles. The first kappa shape index (κ1) is 23.2. The first-order valence-electron chi connectivity index (χ1n) is 13.1. The fraction of sp³-hybridized carbons (Fsp3) is 0.519. The van der Waals surface area contributed by atoms with Gasteiger partial charge in [0.2, 0.25) is 0 Å². The molecule has 1 saturated carbocycles. The molecule has 3 aromatic heterocycles. The van der Waals surface area contributed by atoms with Crippen molar-refractivity contribution in [2.75, 3.05) is 20.3 Å². The molecule has 4 aromatic rings. The van der Waals surface area contributed by atoms with E-state index in [1.165, 1.54) is 11.9 Å². The van der Waals surface area contributed by atoms with Crippen molar-refractivity contribution in [3.63, 3.8) is 0 Å². The SMILES string of the molecule is CCc1cc2c(cc1-c1cc(OC)c3ncnn3c1)[nH]c(=O)n2C1CCC(NC2CCOCC2)CC1. The maximum Gasteiger partial charge on any atom is 0.326 e. The van der Waals surface area contributed by atoms with Crippen LogP contribution < -0.4 is 15.7 Å². The Bertz CT molecular complexity index is 1420. The van der Waals surface area contributed by atoms with Gasteiger partial charge in [-0.05, 0) is 74.3 Å². The van der Waals surface area contributed by atoms with Gasteiger partial charge in [0, 0.05) is 43.1 Å². The highest BCUT2D eigenvalue weighted by Crippen LogP contribution is 2.35. The lowest BCUT2D eigenvalue weighted by Gasteiger charge is -2.34. The number of imidazole rings is 1. The Kier molecular flexibility index (Phi) is 6.27. The molecule has 9 nitrogen and oxygen atoms in total. The van der Waals surface area contributed by atoms with Gasteiger partial charge in [-0.3, -0.25) is 4.57 Å². The highest BCUT2D eigenvalue weighted by molar-refractivity contribution is 5.85. The number of aryl methyl sites for hydroxylation is 1. The number of H-pyrrole nitrogens is 1. The number of aromatic nitrogens is 5. The molecule has 190 valence electrons. The number of fused-ring (bicyclic) bond motifs is 2. The number of aromatic amines is 1. The summed E-state index contributed by atoms with van der Waals surface area (Å²) in [5.74, 6) is 0.671. The molecule has 6 rings (SSSR count). The van der Waals surface area contributed by atoms with Crippen LogP contribution in [0.25, 0.3) is 27.8 Å². The molecule has 36 heavy (non-hydrogen) atoms. The van der Waals surface area contributed by atoms with Crippen LogP contribution in [0.1, 0.15) is 57.1 Å². The Morgan fingerprint density at radius 3 is 2.64 bits per heavy atom. The third kappa shape index (κ3) is 4.20. The van der Waals surface area contributed by atoms with Crippen LogP contribution in [0.4, 0.5) is 0 Å². The maximum atomic E-state index is 13.2. The van der Waals surface area contributed by atoms with Crippen LogP contribution in [0, 0.1) is 0 Å². The summed E-state index contributed by atoms with van der Waals surface area (Å²) in [6, 6.07) is 7.60. The maximum absolute atomic E-state index is 13.2. The molecule has 0 amide bonds. The van der Waals surface area contributed by atoms with Gasteiger partial charge in [0.1, 0.15) is 6.33 Å². The summed E-state index contributed by atoms with van der Waals surface area (Å²) in [4.78, 5) is 20.6. The van der Waals surface area contributed by atoms with Crippen LogP contribution in [-0.4, -0.2) is 56.6 Å². The number of pyridine rings is 1. The summed E-state index contributed by atoms with van der Waals surface area (Å²) in [6.45, 7) is 3.87. The summed E-state index contributed by atoms with van der Waals surface area (Å²) in [5.41, 5.74) is 5.76. The van der Waals surface area contributed by atoms with E-state index in [-0.39, 0.29) is 11.7 Å². The van der Waals surface area contributed by atoms with Crippen molar-refractivity contribution < 1.29 is 9.47 Å². The van der Waals surface area contributed by atoms with Crippen LogP contribution >= 0.6 is 0 Å². The summed E-state index contributed by atoms with van der Waals surface area (Å²) in [6.07, 6.45) is 10.7. The molecule has 2 N–H and O–H groups in total. The van der Waals surface area contributed by atoms with Gasteiger partial charge in [-0.25, -0.2) is 14.3 Å². The zero-order valence-corrected chi connectivity index (χ0v) is 21.0. The van der Waals surface area contributed by atoms with E-state index in [2.05, 4.69) is 39.4 Å². The van der Waals surface area contributed by atoms with Gasteiger partial charge in [-0.1, -0.05) is 6.92 Å². The second kappa shape index (κ2) is 9.71. The fourth-order valence-electron chi connectivity index (χ4n) is 6.03. The highest BCUT2D eigenvalue weighted by atomic mass is 16.5. The zero-order chi connectivity index (χ0) is 24.6. The molecular weight excluding hydrogens is 456 g/mol. The first-order chi connectivity index (χ1) is 17.6. The monoisotopic (exact) mass is 490 g/mol. The lowest BCUT2D eigenvalue weighted by Crippen LogP contribution is -2.43. The quantitative estimate of drug-likeness (QED) is 0.426. The highest BCUT2D eigenvalue weighted by Gasteiger charge is 2.27. The van der Waals surface area contributed by atoms with Crippen LogP contribution in [-0.2, 0) is 11.2 Å². The van der Waals surface area contributed by atoms with Crippen molar-refractivity contribution >= 4 is 16.7 Å². The van der Waals surface area contributed by atoms with Crippen LogP contribution in [0.5, 0.6) is 5.75 Å². The second-order valence-corrected chi connectivity index (χ2v) is 10.1. The Morgan fingerprint density at radius 1 is 1.11 bits per heavy atom. The largest absolute Gasteiger partial charge is 0.493 e. The third-order valence-corrected chi connectivity index (χ3v) is 7.95. The Hall–Kier alpha value is -3.17. The molecule has 2 aliphatic rings. The number of nitrogens with zero attached hydrogens (tertiary/aromatic N) is 4. The number of hydrogen-bond acceptors (Lipinski definition) is 6. The average Bonchev–Trinajstić information content (AvgIpc) is 3.51. The van der Waals surface area contributed by atoms with E-state index >= 15 is 0 Å². The lowest BCUT2D eigenvalue weighted by atomic mass is 9.89. The minimum Gasteiger partial charge on any atom is -0.493 e. The molecule has 1 saturated heterocycles. The van der Waals surface area contributed by atoms with Gasteiger partial charge in [0.05, 0.1) is 18.1 Å². The number of rotatable bonds is 6. The van der Waals surface area contributed by atoms with E-state index in [4.69, 9.17) is 9.47 Å². The van der Waals surface area contributed by atoms with Crippen LogP contribution in [0.2, 0.25) is 0 Å². The third-order valence-electron chi connectivity index (χ3n) is 7.95. The predicted molar refractivity (Wildman–Crippen MR) is 139 cm³/mol. The average molecular weight is 491 g/mol. The van der Waals surface area contributed by atoms with Gasteiger partial charge in [0.25, 0.3) is 0 Å². The van der Waals surface area contributed by atoms with E-state index in [1.54, 1.807) is 11.6 Å². The number of methoxy groups -OCH3 is 1. The summed E-state index contributed by atoms with van der Waals surface area (Å²) in [5, 5.41) is 8.15. The summed E-state index contributed by atoms with van der Waals surface area (Å²) < 4.78 is 14.8. The molecule has 0 atom stereocenters. The van der Waals surface area contributed by atoms with Crippen LogP contribution in [0.3, 0.4) is 0 Å². The van der Waals surface area contributed by atoms with Gasteiger partial charge in [-0.15, -0.1) is 0 Å². The number of hydrogen-bond donors (Lipinski definition) is 2. The predicted octanol–water partition coefficient (Wildman–Crippen LogP) is 3.86. The molecule has 0 bridgehead atoms. The van der Waals surface area contributed by atoms with Gasteiger partial charge < -0.3 is 19.8 Å². The van der Waals surface area contributed by atoms with Gasteiger partial charge in [0.15, 0.2) is 11.4 Å². The standard InChI is InChI=1S/C27H34N6O3/c1-3-17-12-24-23(14-22(17)18-13-25(35-2)26-28-16-29-32(26)15-18)31-27(34)33(24)21-6-4-19(5-7-21)30-20-8-10-36-11-9-20/h12-16,19-21,30H,3-11H2,1-2H3,(H,31,34). The fourth-order valence-corrected chi connectivity index (χ4v) is 6.03. The van der Waals surface area contributed by atoms with Crippen molar-refractivity contribution in [1.29, 1.82) is 0 Å². The van der Waals surface area contributed by atoms with E-state index in [1.807, 2.05) is 16.8 Å². The minimum absolute atomic E-state index is 0.0191. The molecule has 1 aromatic carbocycles. The van der Waals surface area contributed by atoms with Crippen molar-refractivity contribution in [3.8, 4) is 16.9 Å². The summed E-state index contributed by atoms with van der Waals surface area (Å²) >= 11 is 0. The molecular formula is C27H34N6O3. The van der Waals surface area contributed by atoms with Crippen LogP contribution in [0.15, 0.2) is 35.5 Å². The topological polar surface area (TPSA) is 98.5 Å². The summed E-state index contributed by atoms with van der Waals surface area (Å²) in [7, 11) is 1.64.